The number of amides is 1. The summed E-state index contributed by atoms with van der Waals surface area (Å²) >= 11 is 0. The molecule has 1 aromatic carbocycles. The van der Waals surface area contributed by atoms with Gasteiger partial charge in [-0.15, -0.1) is 12.4 Å². The Kier molecular flexibility index (Phi) is 10.5. The third-order valence-electron chi connectivity index (χ3n) is 4.45. The van der Waals surface area contributed by atoms with Gasteiger partial charge < -0.3 is 31.5 Å². The molecule has 0 bridgehead atoms. The number of aliphatic hydroxyl groups excluding tert-OH is 1. The fraction of sp³-hybridized carbons (Fsp3) is 0.217. The van der Waals surface area contributed by atoms with Crippen molar-refractivity contribution < 1.29 is 61.3 Å². The van der Waals surface area contributed by atoms with Crippen LogP contribution < -0.4 is 67.4 Å². The van der Waals surface area contributed by atoms with Crippen LogP contribution in [0.3, 0.4) is 0 Å². The van der Waals surface area contributed by atoms with Gasteiger partial charge in [-0.3, -0.25) is 9.78 Å². The van der Waals surface area contributed by atoms with Gasteiger partial charge in [0, 0.05) is 30.7 Å². The average Bonchev–Trinajstić information content (AvgIpc) is 3.19. The Morgan fingerprint density at radius 1 is 1.35 bits per heavy atom. The second-order valence-corrected chi connectivity index (χ2v) is 6.93. The van der Waals surface area contributed by atoms with Crippen molar-refractivity contribution in [1.29, 1.82) is 0 Å². The molecule has 3 rings (SSSR count). The maximum atomic E-state index is 12.4. The Morgan fingerprint density at radius 2 is 2.19 bits per heavy atom. The van der Waals surface area contributed by atoms with E-state index in [2.05, 4.69) is 26.8 Å². The third kappa shape index (κ3) is 7.92. The van der Waals surface area contributed by atoms with Gasteiger partial charge in [-0.2, -0.15) is 6.07 Å². The van der Waals surface area contributed by atoms with Gasteiger partial charge in [0.1, 0.15) is 0 Å². The van der Waals surface area contributed by atoms with Gasteiger partial charge >= 0.3 is 51.4 Å². The number of aliphatic hydroxyl groups is 1. The van der Waals surface area contributed by atoms with Crippen LogP contribution >= 0.6 is 0 Å². The van der Waals surface area contributed by atoms with E-state index in [1.54, 1.807) is 24.7 Å². The zero-order valence-corrected chi connectivity index (χ0v) is 21.2. The predicted molar refractivity (Wildman–Crippen MR) is 115 cm³/mol. The van der Waals surface area contributed by atoms with E-state index in [4.69, 9.17) is 5.11 Å². The molecule has 1 unspecified atom stereocenters. The summed E-state index contributed by atoms with van der Waals surface area (Å²) in [4.78, 5) is 20.8. The van der Waals surface area contributed by atoms with E-state index in [0.717, 1.165) is 16.5 Å². The van der Waals surface area contributed by atoms with Crippen LogP contribution in [-0.2, 0) is 6.54 Å². The first-order chi connectivity index (χ1) is 14.5. The van der Waals surface area contributed by atoms with Crippen molar-refractivity contribution in [2.45, 2.75) is 26.4 Å². The van der Waals surface area contributed by atoms with E-state index in [0.29, 0.717) is 17.8 Å². The molecular formula is C23H25KN5O2-. The first-order valence-electron chi connectivity index (χ1n) is 9.68. The summed E-state index contributed by atoms with van der Waals surface area (Å²) in [5, 5.41) is 15.8. The summed E-state index contributed by atoms with van der Waals surface area (Å²) in [6, 6.07) is 11.3. The zero-order valence-electron chi connectivity index (χ0n) is 18.0. The molecule has 0 aliphatic rings. The number of anilines is 1. The molecule has 0 saturated carbocycles. The van der Waals surface area contributed by atoms with Crippen molar-refractivity contribution in [3.05, 3.63) is 95.6 Å². The van der Waals surface area contributed by atoms with E-state index in [1.165, 1.54) is 0 Å². The minimum absolute atomic E-state index is 0. The number of aryl methyl sites for hydroxylation is 1. The molecule has 156 valence electrons. The smallest absolute Gasteiger partial charge is 0.560 e. The summed E-state index contributed by atoms with van der Waals surface area (Å²) in [7, 11) is 0. The molecule has 1 amide bonds. The van der Waals surface area contributed by atoms with Gasteiger partial charge in [-0.25, -0.2) is 0 Å². The topological polar surface area (TPSA) is 91.5 Å². The standard InChI is InChI=1S/C23H25N5O2.K/c1-17-12-20(15-24-14-17)23(30)27-21-5-3-4-19(13-21)18(2)25-7-8-26-22-6-9-28(16-22)10-11-29;/h3-6,8-9,12-16,18,25,29H,10-11H2,1-2H3,(H,27,30);/q-2;+1. The van der Waals surface area contributed by atoms with Crippen LogP contribution in [0.1, 0.15) is 34.5 Å². The van der Waals surface area contributed by atoms with E-state index in [9.17, 15) is 4.79 Å². The number of carbonyl (C=O) groups excluding carboxylic acids is 1. The molecule has 7 nitrogen and oxygen atoms in total. The molecule has 0 fully saturated rings. The Hall–Kier alpha value is -1.94. The van der Waals surface area contributed by atoms with Gasteiger partial charge in [0.15, 0.2) is 0 Å². The Labute approximate surface area is 224 Å². The predicted octanol–water partition coefficient (Wildman–Crippen LogP) is -0.315. The first-order valence-corrected chi connectivity index (χ1v) is 9.68. The number of nitrogens with zero attached hydrogens (tertiary/aromatic N) is 3. The Morgan fingerprint density at radius 3 is 2.97 bits per heavy atom. The second kappa shape index (κ2) is 12.8. The number of rotatable bonds is 8. The Bertz CT molecular complexity index is 1090. The van der Waals surface area contributed by atoms with Gasteiger partial charge in [0.05, 0.1) is 12.2 Å². The maximum Gasteiger partial charge on any atom is 1.00 e. The zero-order chi connectivity index (χ0) is 21.3. The van der Waals surface area contributed by atoms with Gasteiger partial charge in [-0.1, -0.05) is 18.3 Å². The van der Waals surface area contributed by atoms with E-state index >= 15 is 0 Å². The number of hydrogen-bond donors (Lipinski definition) is 3. The molecule has 3 aromatic rings. The summed E-state index contributed by atoms with van der Waals surface area (Å²) in [5.74, 6) is -0.192. The molecular weight excluding hydrogens is 417 g/mol. The summed E-state index contributed by atoms with van der Waals surface area (Å²) in [5.41, 5.74) is 3.18. The van der Waals surface area contributed by atoms with Crippen LogP contribution in [0.2, 0.25) is 0 Å². The van der Waals surface area contributed by atoms with Crippen molar-refractivity contribution in [3.8, 4) is 0 Å². The van der Waals surface area contributed by atoms with E-state index < -0.39 is 0 Å². The van der Waals surface area contributed by atoms with Crippen molar-refractivity contribution in [3.63, 3.8) is 0 Å². The molecule has 0 aliphatic carbocycles. The number of carbonyl (C=O) groups is 1. The molecule has 1 atom stereocenters. The van der Waals surface area contributed by atoms with Crippen molar-refractivity contribution in [1.82, 2.24) is 14.9 Å². The number of nitrogens with one attached hydrogen (secondary N) is 2. The molecule has 8 heteroatoms. The maximum absolute atomic E-state index is 12.4. The van der Waals surface area contributed by atoms with Crippen LogP contribution in [0.5, 0.6) is 0 Å². The van der Waals surface area contributed by atoms with Crippen molar-refractivity contribution in [2.75, 3.05) is 11.9 Å². The van der Waals surface area contributed by atoms with Crippen LogP contribution in [0.15, 0.2) is 72.4 Å². The number of benzene rings is 1. The molecule has 0 radical (unpaired) electrons. The largest absolute Gasteiger partial charge is 1.00 e. The minimum atomic E-state index is -0.192. The molecule has 0 aliphatic heterocycles. The first kappa shape index (κ1) is 25.3. The summed E-state index contributed by atoms with van der Waals surface area (Å²) < 4.78 is 1.87. The van der Waals surface area contributed by atoms with Crippen LogP contribution in [0, 0.1) is 13.1 Å². The van der Waals surface area contributed by atoms with Crippen molar-refractivity contribution in [2.24, 2.45) is 4.99 Å². The van der Waals surface area contributed by atoms with Crippen molar-refractivity contribution >= 4 is 11.6 Å². The van der Waals surface area contributed by atoms with Gasteiger partial charge in [0.2, 0.25) is 0 Å². The second-order valence-electron chi connectivity index (χ2n) is 6.93. The molecule has 3 N–H and O–H groups in total. The molecule has 2 heterocycles. The quantitative estimate of drug-likeness (QED) is 0.253. The fourth-order valence-corrected chi connectivity index (χ4v) is 2.88. The number of pyridine rings is 1. The summed E-state index contributed by atoms with van der Waals surface area (Å²) in [6.45, 7) is 4.55. The van der Waals surface area contributed by atoms with E-state index in [1.807, 2.05) is 61.1 Å². The van der Waals surface area contributed by atoms with Crippen LogP contribution in [0.25, 0.3) is 0 Å². The number of aromatic nitrogens is 2. The van der Waals surface area contributed by atoms with Crippen LogP contribution in [0.4, 0.5) is 5.69 Å². The normalized spacial score (nSPS) is 12.4. The third-order valence-corrected chi connectivity index (χ3v) is 4.45. The molecule has 0 saturated heterocycles. The number of hydrogen-bond acceptors (Lipinski definition) is 5. The van der Waals surface area contributed by atoms with Gasteiger partial charge in [0.25, 0.3) is 5.91 Å². The molecule has 31 heavy (non-hydrogen) atoms. The molecule has 2 aromatic heterocycles. The monoisotopic (exact) mass is 442 g/mol. The fourth-order valence-electron chi connectivity index (χ4n) is 2.88. The van der Waals surface area contributed by atoms with E-state index in [-0.39, 0.29) is 69.9 Å². The van der Waals surface area contributed by atoms with Crippen LogP contribution in [-0.4, -0.2) is 27.2 Å². The molecule has 0 spiro atoms. The SMILES string of the molecule is Cc1cncc(C(=O)Nc2cccc(C(C)N[C-]=CN=c3ccn(CCO)[cH-]3)c2)c1.[K+]. The summed E-state index contributed by atoms with van der Waals surface area (Å²) in [6.07, 6.45) is 11.5. The van der Waals surface area contributed by atoms with Gasteiger partial charge in [-0.05, 0) is 48.5 Å². The average molecular weight is 443 g/mol. The minimum Gasteiger partial charge on any atom is -0.560 e. The Balaban J connectivity index is 0.00000341.